The lowest BCUT2D eigenvalue weighted by atomic mass is 9.93. The fourth-order valence-corrected chi connectivity index (χ4v) is 1.57. The van der Waals surface area contributed by atoms with Gasteiger partial charge in [-0.15, -0.1) is 0 Å². The summed E-state index contributed by atoms with van der Waals surface area (Å²) in [5, 5.41) is 11.8. The highest BCUT2D eigenvalue weighted by atomic mass is 16.3. The van der Waals surface area contributed by atoms with E-state index in [9.17, 15) is 4.79 Å². The quantitative estimate of drug-likeness (QED) is 0.727. The summed E-state index contributed by atoms with van der Waals surface area (Å²) in [5.74, 6) is -0.183. The second-order valence-electron chi connectivity index (χ2n) is 4.18. The molecule has 0 aromatic heterocycles. The zero-order chi connectivity index (χ0) is 12.9. The Kier molecular flexibility index (Phi) is 4.66. The third-order valence-electron chi connectivity index (χ3n) is 3.08. The Bertz CT molecular complexity index is 387. The fraction of sp³-hybridized carbons (Fsp3) is 0.462. The summed E-state index contributed by atoms with van der Waals surface area (Å²) in [5.41, 5.74) is 6.60. The molecule has 1 aromatic rings. The van der Waals surface area contributed by atoms with E-state index in [0.29, 0.717) is 18.5 Å². The molecule has 0 spiro atoms. The monoisotopic (exact) mass is 236 g/mol. The molecule has 4 nitrogen and oxygen atoms in total. The van der Waals surface area contributed by atoms with Crippen LogP contribution in [0.4, 0.5) is 5.69 Å². The highest BCUT2D eigenvalue weighted by molar-refractivity contribution is 5.97. The van der Waals surface area contributed by atoms with E-state index in [4.69, 9.17) is 10.8 Å². The molecule has 0 radical (unpaired) electrons. The number of anilines is 1. The molecular weight excluding hydrogens is 216 g/mol. The molecule has 0 aliphatic carbocycles. The number of hydrogen-bond donors (Lipinski definition) is 3. The summed E-state index contributed by atoms with van der Waals surface area (Å²) >= 11 is 0. The van der Waals surface area contributed by atoms with Gasteiger partial charge >= 0.3 is 0 Å². The van der Waals surface area contributed by atoms with Crippen molar-refractivity contribution < 1.29 is 9.90 Å². The van der Waals surface area contributed by atoms with Gasteiger partial charge in [0.2, 0.25) is 5.91 Å². The van der Waals surface area contributed by atoms with E-state index in [1.54, 1.807) is 24.3 Å². The zero-order valence-corrected chi connectivity index (χ0v) is 10.4. The van der Waals surface area contributed by atoms with Crippen LogP contribution in [0.2, 0.25) is 0 Å². The Morgan fingerprint density at radius 2 is 2.06 bits per heavy atom. The lowest BCUT2D eigenvalue weighted by Gasteiger charge is -2.25. The number of nitrogens with one attached hydrogen (secondary N) is 1. The van der Waals surface area contributed by atoms with Crippen LogP contribution < -0.4 is 11.1 Å². The average molecular weight is 236 g/mol. The van der Waals surface area contributed by atoms with Crippen LogP contribution in [0, 0.1) is 0 Å². The number of hydrogen-bond acceptors (Lipinski definition) is 3. The summed E-state index contributed by atoms with van der Waals surface area (Å²) in [6.45, 7) is 3.75. The number of rotatable bonds is 5. The lowest BCUT2D eigenvalue weighted by Crippen LogP contribution is -2.50. The van der Waals surface area contributed by atoms with E-state index in [1.165, 1.54) is 0 Å². The van der Waals surface area contributed by atoms with Crippen LogP contribution in [0.15, 0.2) is 24.3 Å². The smallest absolute Gasteiger partial charge is 0.244 e. The van der Waals surface area contributed by atoms with Crippen LogP contribution in [0.3, 0.4) is 0 Å². The third-order valence-corrected chi connectivity index (χ3v) is 3.08. The standard InChI is InChI=1S/C13H20N2O2/c1-3-13(14,4-2)12(17)15-11-7-5-6-10(8-11)9-16/h5-8,16H,3-4,9,14H2,1-2H3,(H,15,17). The molecule has 0 saturated heterocycles. The molecule has 94 valence electrons. The Labute approximate surface area is 102 Å². The topological polar surface area (TPSA) is 75.4 Å². The minimum absolute atomic E-state index is 0.0426. The molecule has 0 atom stereocenters. The average Bonchev–Trinajstić information content (AvgIpc) is 2.37. The van der Waals surface area contributed by atoms with E-state index in [0.717, 1.165) is 5.56 Å². The van der Waals surface area contributed by atoms with Gasteiger partial charge in [0.05, 0.1) is 12.1 Å². The molecule has 0 unspecified atom stereocenters. The Morgan fingerprint density at radius 3 is 2.59 bits per heavy atom. The molecule has 4 N–H and O–H groups in total. The normalized spacial score (nSPS) is 11.3. The molecule has 1 amide bonds. The van der Waals surface area contributed by atoms with Crippen LogP contribution in [0.25, 0.3) is 0 Å². The van der Waals surface area contributed by atoms with Gasteiger partial charge in [-0.25, -0.2) is 0 Å². The molecule has 1 rings (SSSR count). The number of carbonyl (C=O) groups excluding carboxylic acids is 1. The van der Waals surface area contributed by atoms with Crippen LogP contribution in [-0.4, -0.2) is 16.6 Å². The van der Waals surface area contributed by atoms with E-state index < -0.39 is 5.54 Å². The number of aliphatic hydroxyl groups is 1. The first-order chi connectivity index (χ1) is 8.05. The van der Waals surface area contributed by atoms with Crippen molar-refractivity contribution in [3.8, 4) is 0 Å². The van der Waals surface area contributed by atoms with E-state index in [2.05, 4.69) is 5.32 Å². The molecule has 0 saturated carbocycles. The maximum atomic E-state index is 12.0. The van der Waals surface area contributed by atoms with Crippen LogP contribution in [-0.2, 0) is 11.4 Å². The minimum atomic E-state index is -0.824. The summed E-state index contributed by atoms with van der Waals surface area (Å²) in [7, 11) is 0. The zero-order valence-electron chi connectivity index (χ0n) is 10.4. The summed E-state index contributed by atoms with van der Waals surface area (Å²) < 4.78 is 0. The van der Waals surface area contributed by atoms with Crippen molar-refractivity contribution in [3.05, 3.63) is 29.8 Å². The van der Waals surface area contributed by atoms with Crippen molar-refractivity contribution in [2.75, 3.05) is 5.32 Å². The number of aliphatic hydroxyl groups excluding tert-OH is 1. The summed E-state index contributed by atoms with van der Waals surface area (Å²) in [6.07, 6.45) is 1.18. The first-order valence-electron chi connectivity index (χ1n) is 5.86. The maximum absolute atomic E-state index is 12.0. The molecule has 0 heterocycles. The molecule has 0 aliphatic rings. The minimum Gasteiger partial charge on any atom is -0.392 e. The predicted octanol–water partition coefficient (Wildman–Crippen LogP) is 1.63. The van der Waals surface area contributed by atoms with Gasteiger partial charge in [0, 0.05) is 5.69 Å². The molecular formula is C13H20N2O2. The lowest BCUT2D eigenvalue weighted by molar-refractivity contribution is -0.121. The van der Waals surface area contributed by atoms with Crippen molar-refractivity contribution in [1.82, 2.24) is 0 Å². The van der Waals surface area contributed by atoms with Gasteiger partial charge < -0.3 is 16.2 Å². The number of nitrogens with two attached hydrogens (primary N) is 1. The first-order valence-corrected chi connectivity index (χ1v) is 5.86. The van der Waals surface area contributed by atoms with Crippen molar-refractivity contribution in [2.45, 2.75) is 38.8 Å². The van der Waals surface area contributed by atoms with Gasteiger partial charge in [0.1, 0.15) is 0 Å². The number of carbonyl (C=O) groups is 1. The first kappa shape index (κ1) is 13.7. The van der Waals surface area contributed by atoms with E-state index in [-0.39, 0.29) is 12.5 Å². The van der Waals surface area contributed by atoms with Crippen LogP contribution >= 0.6 is 0 Å². The van der Waals surface area contributed by atoms with Gasteiger partial charge in [-0.3, -0.25) is 4.79 Å². The second kappa shape index (κ2) is 5.80. The molecule has 0 fully saturated rings. The van der Waals surface area contributed by atoms with Crippen molar-refractivity contribution >= 4 is 11.6 Å². The third kappa shape index (κ3) is 3.28. The van der Waals surface area contributed by atoms with Crippen LogP contribution in [0.1, 0.15) is 32.3 Å². The van der Waals surface area contributed by atoms with Gasteiger partial charge in [-0.1, -0.05) is 26.0 Å². The van der Waals surface area contributed by atoms with Crippen LogP contribution in [0.5, 0.6) is 0 Å². The summed E-state index contributed by atoms with van der Waals surface area (Å²) in [6, 6.07) is 7.11. The van der Waals surface area contributed by atoms with Gasteiger partial charge in [-0.2, -0.15) is 0 Å². The van der Waals surface area contributed by atoms with Crippen molar-refractivity contribution in [1.29, 1.82) is 0 Å². The Morgan fingerprint density at radius 1 is 1.41 bits per heavy atom. The SMILES string of the molecule is CCC(N)(CC)C(=O)Nc1cccc(CO)c1. The van der Waals surface area contributed by atoms with Gasteiger partial charge in [0.15, 0.2) is 0 Å². The Hall–Kier alpha value is -1.39. The highest BCUT2D eigenvalue weighted by Crippen LogP contribution is 2.16. The second-order valence-corrected chi connectivity index (χ2v) is 4.18. The van der Waals surface area contributed by atoms with E-state index in [1.807, 2.05) is 13.8 Å². The maximum Gasteiger partial charge on any atom is 0.244 e. The molecule has 0 aliphatic heterocycles. The molecule has 17 heavy (non-hydrogen) atoms. The number of benzene rings is 1. The van der Waals surface area contributed by atoms with Crippen molar-refractivity contribution in [2.24, 2.45) is 5.73 Å². The molecule has 1 aromatic carbocycles. The van der Waals surface area contributed by atoms with Gasteiger partial charge in [-0.05, 0) is 30.5 Å². The van der Waals surface area contributed by atoms with Gasteiger partial charge in [0.25, 0.3) is 0 Å². The van der Waals surface area contributed by atoms with E-state index >= 15 is 0 Å². The summed E-state index contributed by atoms with van der Waals surface area (Å²) in [4.78, 5) is 12.0. The number of amides is 1. The Balaban J connectivity index is 2.80. The predicted molar refractivity (Wildman–Crippen MR) is 68.5 cm³/mol. The molecule has 4 heteroatoms. The highest BCUT2D eigenvalue weighted by Gasteiger charge is 2.29. The van der Waals surface area contributed by atoms with Crippen molar-refractivity contribution in [3.63, 3.8) is 0 Å². The fourth-order valence-electron chi connectivity index (χ4n) is 1.57. The largest absolute Gasteiger partial charge is 0.392 e. The molecule has 0 bridgehead atoms.